The van der Waals surface area contributed by atoms with Gasteiger partial charge < -0.3 is 30.9 Å². The first-order chi connectivity index (χ1) is 22.3. The highest BCUT2D eigenvalue weighted by Gasteiger charge is 2.60. The first kappa shape index (κ1) is 35.7. The van der Waals surface area contributed by atoms with Crippen LogP contribution in [-0.4, -0.2) is 48.6 Å². The summed E-state index contributed by atoms with van der Waals surface area (Å²) in [6, 6.07) is 13.9. The topological polar surface area (TPSA) is 140 Å². The molecular weight excluding hydrogens is 594 g/mol. The standard InChI is InChI=1S/C38H51N3O6/c1-8-23(3)38(6)32(20-37(5,9-2)35(44)24(4)29-17-18-31(42)34(29)38)47-33(43)22-40-21-30(39)26-11-10-12-27(19-26)41-36(45)25-13-15-28(46-7)16-14-25/h9-16,19,21,23-24,29,32,34-35,40,44H,2,8,17-18,20,22,39H2,1,3-7H3,(H,41,45)/b30-21-/t23?,24?,29?,32?,34?,35-,37+,38-/m0/s1. The van der Waals surface area contributed by atoms with E-state index in [1.807, 2.05) is 13.8 Å². The van der Waals surface area contributed by atoms with E-state index >= 15 is 0 Å². The number of Topliss-reactive ketones (excluding diaryl/α,β-unsaturated/α-hetero) is 1. The molecule has 0 aliphatic heterocycles. The molecule has 0 heterocycles. The van der Waals surface area contributed by atoms with Crippen LogP contribution in [0.4, 0.5) is 5.69 Å². The Labute approximate surface area is 279 Å². The molecule has 47 heavy (non-hydrogen) atoms. The molecule has 0 spiro atoms. The Morgan fingerprint density at radius 2 is 1.87 bits per heavy atom. The molecule has 2 saturated carbocycles. The SMILES string of the molecule is C=C[C@]1(C)CC(OC(=O)CN/C=C(\N)c2cccc(NC(=O)c3ccc(OC)cc3)c2)[C@](C)(C(C)CC)C2C(=O)CCC2C(C)[C@@H]1O. The van der Waals surface area contributed by atoms with E-state index < -0.39 is 29.0 Å². The molecule has 5 N–H and O–H groups in total. The Bertz CT molecular complexity index is 1490. The van der Waals surface area contributed by atoms with E-state index in [1.54, 1.807) is 61.7 Å². The van der Waals surface area contributed by atoms with Crippen LogP contribution in [0.3, 0.4) is 0 Å². The van der Waals surface area contributed by atoms with Crippen molar-refractivity contribution in [2.45, 2.75) is 72.5 Å². The molecule has 0 radical (unpaired) electrons. The van der Waals surface area contributed by atoms with E-state index in [0.717, 1.165) is 12.8 Å². The molecule has 0 aromatic heterocycles. The molecule has 4 rings (SSSR count). The highest BCUT2D eigenvalue weighted by molar-refractivity contribution is 6.04. The average Bonchev–Trinajstić information content (AvgIpc) is 3.47. The fourth-order valence-corrected chi connectivity index (χ4v) is 7.71. The van der Waals surface area contributed by atoms with Gasteiger partial charge in [-0.25, -0.2) is 0 Å². The number of nitrogens with one attached hydrogen (secondary N) is 2. The lowest BCUT2D eigenvalue weighted by Crippen LogP contribution is -2.57. The smallest absolute Gasteiger partial charge is 0.325 e. The number of ketones is 1. The predicted molar refractivity (Wildman–Crippen MR) is 184 cm³/mol. The number of ether oxygens (including phenoxy) is 2. The van der Waals surface area contributed by atoms with Gasteiger partial charge in [0.15, 0.2) is 0 Å². The number of benzene rings is 2. The van der Waals surface area contributed by atoms with Crippen molar-refractivity contribution in [2.24, 2.45) is 40.2 Å². The number of hydrogen-bond donors (Lipinski definition) is 4. The van der Waals surface area contributed by atoms with Gasteiger partial charge in [-0.3, -0.25) is 14.4 Å². The maximum atomic E-state index is 13.5. The molecule has 9 nitrogen and oxygen atoms in total. The van der Waals surface area contributed by atoms with Crippen molar-refractivity contribution >= 4 is 29.0 Å². The molecule has 2 aromatic carbocycles. The van der Waals surface area contributed by atoms with E-state index in [0.29, 0.717) is 41.1 Å². The van der Waals surface area contributed by atoms with Crippen LogP contribution in [0.15, 0.2) is 67.4 Å². The van der Waals surface area contributed by atoms with Gasteiger partial charge in [-0.15, -0.1) is 6.58 Å². The Kier molecular flexibility index (Phi) is 11.2. The van der Waals surface area contributed by atoms with Crippen molar-refractivity contribution in [3.8, 4) is 5.75 Å². The largest absolute Gasteiger partial charge is 0.497 e. The lowest BCUT2D eigenvalue weighted by molar-refractivity contribution is -0.180. The van der Waals surface area contributed by atoms with Crippen LogP contribution in [0.5, 0.6) is 5.75 Å². The highest BCUT2D eigenvalue weighted by atomic mass is 16.5. The van der Waals surface area contributed by atoms with Gasteiger partial charge >= 0.3 is 5.97 Å². The summed E-state index contributed by atoms with van der Waals surface area (Å²) in [6.07, 6.45) is 4.35. The molecule has 2 aliphatic carbocycles. The number of aliphatic hydroxyl groups is 1. The summed E-state index contributed by atoms with van der Waals surface area (Å²) in [7, 11) is 1.57. The third kappa shape index (κ3) is 7.40. The van der Waals surface area contributed by atoms with Crippen molar-refractivity contribution in [1.29, 1.82) is 0 Å². The molecule has 1 amide bonds. The van der Waals surface area contributed by atoms with Gasteiger partial charge in [0.2, 0.25) is 0 Å². The van der Waals surface area contributed by atoms with Crippen LogP contribution in [0.25, 0.3) is 5.70 Å². The van der Waals surface area contributed by atoms with Gasteiger partial charge in [-0.05, 0) is 67.0 Å². The lowest BCUT2D eigenvalue weighted by Gasteiger charge is -2.54. The van der Waals surface area contributed by atoms with E-state index in [2.05, 4.69) is 38.0 Å². The summed E-state index contributed by atoms with van der Waals surface area (Å²) in [5.74, 6) is -0.224. The molecule has 9 heteroatoms. The predicted octanol–water partition coefficient (Wildman–Crippen LogP) is 5.95. The number of anilines is 1. The second-order valence-corrected chi connectivity index (χ2v) is 13.8. The normalized spacial score (nSPS) is 29.9. The molecule has 8 atom stereocenters. The van der Waals surface area contributed by atoms with E-state index in [9.17, 15) is 19.5 Å². The fraction of sp³-hybridized carbons (Fsp3) is 0.500. The zero-order chi connectivity index (χ0) is 34.5. The average molecular weight is 646 g/mol. The van der Waals surface area contributed by atoms with E-state index in [1.165, 1.54) is 6.20 Å². The summed E-state index contributed by atoms with van der Waals surface area (Å²) in [4.78, 5) is 39.6. The number of hydrogen-bond acceptors (Lipinski definition) is 8. The van der Waals surface area contributed by atoms with Crippen LogP contribution in [-0.2, 0) is 14.3 Å². The zero-order valence-corrected chi connectivity index (χ0v) is 28.5. The van der Waals surface area contributed by atoms with Crippen molar-refractivity contribution in [2.75, 3.05) is 19.0 Å². The minimum atomic E-state index is -0.723. The van der Waals surface area contributed by atoms with Crippen LogP contribution in [0, 0.1) is 34.5 Å². The van der Waals surface area contributed by atoms with Gasteiger partial charge in [-0.1, -0.05) is 59.2 Å². The number of nitrogens with two attached hydrogens (primary N) is 1. The minimum Gasteiger partial charge on any atom is -0.497 e. The van der Waals surface area contributed by atoms with Crippen LogP contribution in [0.1, 0.15) is 76.2 Å². The fourth-order valence-electron chi connectivity index (χ4n) is 7.71. The molecule has 2 aromatic rings. The summed E-state index contributed by atoms with van der Waals surface area (Å²) in [6.45, 7) is 14.2. The maximum Gasteiger partial charge on any atom is 0.325 e. The van der Waals surface area contributed by atoms with Crippen molar-refractivity contribution in [3.05, 3.63) is 78.5 Å². The van der Waals surface area contributed by atoms with E-state index in [4.69, 9.17) is 15.2 Å². The molecular formula is C38H51N3O6. The maximum absolute atomic E-state index is 13.5. The third-order valence-corrected chi connectivity index (χ3v) is 11.1. The van der Waals surface area contributed by atoms with E-state index in [-0.39, 0.29) is 41.9 Å². The molecule has 254 valence electrons. The van der Waals surface area contributed by atoms with Crippen LogP contribution in [0.2, 0.25) is 0 Å². The first-order valence-corrected chi connectivity index (χ1v) is 16.6. The number of aliphatic hydroxyl groups excluding tert-OH is 1. The second-order valence-electron chi connectivity index (χ2n) is 13.8. The molecule has 5 unspecified atom stereocenters. The summed E-state index contributed by atoms with van der Waals surface area (Å²) in [5, 5.41) is 17.4. The number of carbonyl (C=O) groups excluding carboxylic acids is 3. The highest BCUT2D eigenvalue weighted by Crippen LogP contribution is 2.57. The number of esters is 1. The van der Waals surface area contributed by atoms with Gasteiger partial charge in [0.25, 0.3) is 5.91 Å². The monoisotopic (exact) mass is 645 g/mol. The number of carbonyl (C=O) groups is 3. The number of rotatable bonds is 11. The third-order valence-electron chi connectivity index (χ3n) is 11.1. The summed E-state index contributed by atoms with van der Waals surface area (Å²) in [5.41, 5.74) is 7.09. The number of methoxy groups -OCH3 is 1. The van der Waals surface area contributed by atoms with Crippen LogP contribution < -0.4 is 21.1 Å². The molecule has 2 aliphatic rings. The number of fused-ring (bicyclic) bond motifs is 1. The first-order valence-electron chi connectivity index (χ1n) is 16.6. The van der Waals surface area contributed by atoms with Crippen molar-refractivity contribution in [3.63, 3.8) is 0 Å². The van der Waals surface area contributed by atoms with Gasteiger partial charge in [0.05, 0.1) is 18.9 Å². The zero-order valence-electron chi connectivity index (χ0n) is 28.5. The summed E-state index contributed by atoms with van der Waals surface area (Å²) >= 11 is 0. The summed E-state index contributed by atoms with van der Waals surface area (Å²) < 4.78 is 11.4. The minimum absolute atomic E-state index is 0.00473. The second kappa shape index (κ2) is 14.8. The van der Waals surface area contributed by atoms with Crippen molar-refractivity contribution in [1.82, 2.24) is 5.32 Å². The van der Waals surface area contributed by atoms with Gasteiger partial charge in [0.1, 0.15) is 24.2 Å². The Balaban J connectivity index is 1.48. The Morgan fingerprint density at radius 1 is 1.17 bits per heavy atom. The molecule has 0 bridgehead atoms. The van der Waals surface area contributed by atoms with Crippen LogP contribution >= 0.6 is 0 Å². The Morgan fingerprint density at radius 3 is 2.51 bits per heavy atom. The van der Waals surface area contributed by atoms with Crippen molar-refractivity contribution < 1.29 is 29.0 Å². The lowest BCUT2D eigenvalue weighted by atomic mass is 9.53. The molecule has 2 fully saturated rings. The number of amides is 1. The quantitative estimate of drug-likeness (QED) is 0.174. The Hall–Kier alpha value is -4.11. The van der Waals surface area contributed by atoms with Gasteiger partial charge in [0, 0.05) is 46.2 Å². The molecule has 0 saturated heterocycles. The van der Waals surface area contributed by atoms with Gasteiger partial charge in [-0.2, -0.15) is 0 Å².